The third-order valence-electron chi connectivity index (χ3n) is 5.11. The highest BCUT2D eigenvalue weighted by Gasteiger charge is 2.47. The molecule has 2 heterocycles. The topological polar surface area (TPSA) is 78.8 Å². The maximum absolute atomic E-state index is 12.5. The highest BCUT2D eigenvalue weighted by atomic mass is 35.5. The highest BCUT2D eigenvalue weighted by Crippen LogP contribution is 2.37. The number of carbonyl (C=O) groups is 1. The van der Waals surface area contributed by atoms with Crippen LogP contribution in [-0.2, 0) is 14.6 Å². The molecule has 11 heteroatoms. The lowest BCUT2D eigenvalue weighted by molar-refractivity contribution is -0.113. The summed E-state index contributed by atoms with van der Waals surface area (Å²) in [6.07, 6.45) is 0. The zero-order chi connectivity index (χ0) is 22.3. The number of aliphatic imine (C=N–C) groups is 1. The number of benzene rings is 2. The molecule has 1 fully saturated rings. The second-order valence-corrected chi connectivity index (χ2v) is 11.7. The minimum absolute atomic E-state index is 0.0107. The van der Waals surface area contributed by atoms with Gasteiger partial charge >= 0.3 is 0 Å². The van der Waals surface area contributed by atoms with Gasteiger partial charge in [0.05, 0.1) is 29.3 Å². The highest BCUT2D eigenvalue weighted by molar-refractivity contribution is 8.14. The molecule has 6 nitrogen and oxygen atoms in total. The van der Waals surface area contributed by atoms with E-state index in [9.17, 15) is 13.2 Å². The predicted molar refractivity (Wildman–Crippen MR) is 130 cm³/mol. The van der Waals surface area contributed by atoms with Crippen molar-refractivity contribution >= 4 is 78.9 Å². The molecule has 2 aliphatic rings. The van der Waals surface area contributed by atoms with Gasteiger partial charge < -0.3 is 10.2 Å². The van der Waals surface area contributed by atoms with Crippen molar-refractivity contribution in [3.8, 4) is 0 Å². The Morgan fingerprint density at radius 2 is 1.90 bits per heavy atom. The average Bonchev–Trinajstić information content (AvgIpc) is 3.14. The first kappa shape index (κ1) is 22.7. The number of thioether (sulfide) groups is 1. The second kappa shape index (κ2) is 8.83. The number of fused-ring (bicyclic) bond motifs is 1. The summed E-state index contributed by atoms with van der Waals surface area (Å²) < 4.78 is 24.3. The van der Waals surface area contributed by atoms with Crippen LogP contribution in [0.1, 0.15) is 5.56 Å². The molecule has 0 radical (unpaired) electrons. The summed E-state index contributed by atoms with van der Waals surface area (Å²) >= 11 is 19.7. The largest absolute Gasteiger partial charge is 0.325 e. The zero-order valence-corrected chi connectivity index (χ0v) is 20.2. The average molecular weight is 519 g/mol. The molecular formula is C20H18Cl3N3O3S2. The van der Waals surface area contributed by atoms with Gasteiger partial charge in [0.25, 0.3) is 0 Å². The molecule has 164 valence electrons. The number of sulfone groups is 1. The predicted octanol–water partition coefficient (Wildman–Crippen LogP) is 4.67. The van der Waals surface area contributed by atoms with Gasteiger partial charge in [-0.3, -0.25) is 9.79 Å². The molecule has 0 spiro atoms. The van der Waals surface area contributed by atoms with E-state index in [2.05, 4.69) is 10.3 Å². The van der Waals surface area contributed by atoms with Crippen LogP contribution in [0.4, 0.5) is 11.4 Å². The van der Waals surface area contributed by atoms with Crippen molar-refractivity contribution in [3.63, 3.8) is 0 Å². The number of amidine groups is 1. The lowest BCUT2D eigenvalue weighted by atomic mass is 10.1. The molecule has 0 aliphatic carbocycles. The second-order valence-electron chi connectivity index (χ2n) is 7.37. The van der Waals surface area contributed by atoms with Gasteiger partial charge in [-0.05, 0) is 42.8 Å². The van der Waals surface area contributed by atoms with Crippen molar-refractivity contribution in [1.29, 1.82) is 0 Å². The minimum Gasteiger partial charge on any atom is -0.325 e. The minimum atomic E-state index is -3.19. The third kappa shape index (κ3) is 4.98. The Labute approximate surface area is 199 Å². The first-order valence-electron chi connectivity index (χ1n) is 9.34. The summed E-state index contributed by atoms with van der Waals surface area (Å²) in [5.74, 6) is -0.141. The van der Waals surface area contributed by atoms with E-state index in [4.69, 9.17) is 34.8 Å². The number of rotatable bonds is 4. The molecule has 4 rings (SSSR count). The molecule has 1 amide bonds. The van der Waals surface area contributed by atoms with Crippen LogP contribution in [0.2, 0.25) is 15.1 Å². The van der Waals surface area contributed by atoms with Gasteiger partial charge in [0.15, 0.2) is 15.0 Å². The van der Waals surface area contributed by atoms with E-state index in [1.54, 1.807) is 36.4 Å². The van der Waals surface area contributed by atoms with Gasteiger partial charge in [-0.1, -0.05) is 52.6 Å². The number of anilines is 2. The SMILES string of the molecule is Cc1c(Cl)cccc1NC(=O)CSC1=NC2CS(=O)(=O)CC2N1c1cc(Cl)cc(Cl)c1. The van der Waals surface area contributed by atoms with E-state index >= 15 is 0 Å². The molecule has 1 saturated heterocycles. The first-order valence-corrected chi connectivity index (χ1v) is 13.3. The van der Waals surface area contributed by atoms with E-state index in [0.29, 0.717) is 31.6 Å². The fraction of sp³-hybridized carbons (Fsp3) is 0.300. The molecule has 0 aromatic heterocycles. The van der Waals surface area contributed by atoms with Crippen LogP contribution in [0.3, 0.4) is 0 Å². The molecule has 2 atom stereocenters. The number of hydrogen-bond acceptors (Lipinski definition) is 6. The fourth-order valence-electron chi connectivity index (χ4n) is 3.67. The van der Waals surface area contributed by atoms with Crippen LogP contribution in [0, 0.1) is 6.92 Å². The fourth-order valence-corrected chi connectivity index (χ4v) is 7.13. The number of hydrogen-bond donors (Lipinski definition) is 1. The maximum atomic E-state index is 12.5. The Kier molecular flexibility index (Phi) is 6.47. The summed E-state index contributed by atoms with van der Waals surface area (Å²) in [5, 5.41) is 4.87. The van der Waals surface area contributed by atoms with Gasteiger partial charge in [-0.25, -0.2) is 8.42 Å². The van der Waals surface area contributed by atoms with Crippen LogP contribution in [0.15, 0.2) is 41.4 Å². The van der Waals surface area contributed by atoms with Crippen molar-refractivity contribution in [2.75, 3.05) is 27.5 Å². The van der Waals surface area contributed by atoms with E-state index in [-0.39, 0.29) is 35.2 Å². The van der Waals surface area contributed by atoms with Gasteiger partial charge in [0, 0.05) is 26.4 Å². The van der Waals surface area contributed by atoms with Crippen molar-refractivity contribution in [2.45, 2.75) is 19.0 Å². The summed E-state index contributed by atoms with van der Waals surface area (Å²) in [6.45, 7) is 1.83. The number of amides is 1. The Hall–Kier alpha value is -1.45. The number of nitrogens with zero attached hydrogens (tertiary/aromatic N) is 2. The maximum Gasteiger partial charge on any atom is 0.234 e. The standard InChI is InChI=1S/C20H18Cl3N3O3S2/c1-11-15(23)3-2-4-16(11)24-19(27)8-30-20-25-17-9-31(28,29)10-18(17)26(20)14-6-12(21)5-13(22)7-14/h2-7,17-18H,8-10H2,1H3,(H,24,27). The van der Waals surface area contributed by atoms with Crippen molar-refractivity contribution in [1.82, 2.24) is 0 Å². The Morgan fingerprint density at radius 3 is 2.61 bits per heavy atom. The molecule has 1 N–H and O–H groups in total. The van der Waals surface area contributed by atoms with Crippen LogP contribution in [0.25, 0.3) is 0 Å². The van der Waals surface area contributed by atoms with Crippen LogP contribution in [0.5, 0.6) is 0 Å². The van der Waals surface area contributed by atoms with Gasteiger partial charge in [-0.2, -0.15) is 0 Å². The Balaban J connectivity index is 1.54. The molecule has 31 heavy (non-hydrogen) atoms. The molecule has 2 aromatic carbocycles. The van der Waals surface area contributed by atoms with Crippen molar-refractivity contribution < 1.29 is 13.2 Å². The summed E-state index contributed by atoms with van der Waals surface area (Å²) in [7, 11) is -3.19. The number of nitrogens with one attached hydrogen (secondary N) is 1. The van der Waals surface area contributed by atoms with Gasteiger partial charge in [0.1, 0.15) is 0 Å². The summed E-state index contributed by atoms with van der Waals surface area (Å²) in [6, 6.07) is 9.62. The molecular weight excluding hydrogens is 501 g/mol. The molecule has 0 saturated carbocycles. The van der Waals surface area contributed by atoms with Crippen LogP contribution in [-0.4, -0.2) is 48.8 Å². The van der Waals surface area contributed by atoms with Crippen molar-refractivity contribution in [2.24, 2.45) is 4.99 Å². The molecule has 2 unspecified atom stereocenters. The summed E-state index contributed by atoms with van der Waals surface area (Å²) in [5.41, 5.74) is 2.09. The quantitative estimate of drug-likeness (QED) is 0.636. The van der Waals surface area contributed by atoms with Crippen LogP contribution < -0.4 is 10.2 Å². The van der Waals surface area contributed by atoms with Crippen LogP contribution >= 0.6 is 46.6 Å². The molecule has 2 aromatic rings. The number of carbonyl (C=O) groups excluding carboxylic acids is 1. The normalized spacial score (nSPS) is 21.7. The van der Waals surface area contributed by atoms with E-state index < -0.39 is 9.84 Å². The Bertz CT molecular complexity index is 1170. The monoisotopic (exact) mass is 517 g/mol. The summed E-state index contributed by atoms with van der Waals surface area (Å²) in [4.78, 5) is 19.0. The third-order valence-corrected chi connectivity index (χ3v) is 8.62. The van der Waals surface area contributed by atoms with E-state index in [1.807, 2.05) is 11.8 Å². The first-order chi connectivity index (χ1) is 14.6. The Morgan fingerprint density at radius 1 is 1.19 bits per heavy atom. The van der Waals surface area contributed by atoms with Gasteiger partial charge in [0.2, 0.25) is 5.91 Å². The smallest absolute Gasteiger partial charge is 0.234 e. The van der Waals surface area contributed by atoms with Crippen molar-refractivity contribution in [3.05, 3.63) is 57.0 Å². The molecule has 0 bridgehead atoms. The van der Waals surface area contributed by atoms with E-state index in [0.717, 1.165) is 5.56 Å². The lowest BCUT2D eigenvalue weighted by Gasteiger charge is -2.26. The number of halogens is 3. The molecule has 2 aliphatic heterocycles. The lowest BCUT2D eigenvalue weighted by Crippen LogP contribution is -2.39. The van der Waals surface area contributed by atoms with E-state index in [1.165, 1.54) is 11.8 Å². The zero-order valence-electron chi connectivity index (χ0n) is 16.3. The van der Waals surface area contributed by atoms with Gasteiger partial charge in [-0.15, -0.1) is 0 Å².